The molecule has 2 amide bonds. The Morgan fingerprint density at radius 1 is 0.964 bits per heavy atom. The van der Waals surface area contributed by atoms with Gasteiger partial charge in [0.05, 0.1) is 6.04 Å². The smallest absolute Gasteiger partial charge is 0.319 e. The number of hydrogen-bond donors (Lipinski definition) is 4. The van der Waals surface area contributed by atoms with Crippen LogP contribution in [0, 0.1) is 0 Å². The van der Waals surface area contributed by atoms with Gasteiger partial charge >= 0.3 is 6.03 Å². The monoisotopic (exact) mass is 495 g/mol. The lowest BCUT2D eigenvalue weighted by molar-refractivity contribution is 0.250. The number of urea groups is 1. The number of benzene rings is 2. The van der Waals surface area contributed by atoms with Crippen LogP contribution in [-0.2, 0) is 6.54 Å². The van der Waals surface area contributed by atoms with Crippen LogP contribution < -0.4 is 21.3 Å². The summed E-state index contributed by atoms with van der Waals surface area (Å²) in [7, 11) is 1.76. The molecule has 0 aliphatic rings. The van der Waals surface area contributed by atoms with E-state index in [1.54, 1.807) is 7.05 Å². The number of amides is 2. The molecule has 1 unspecified atom stereocenters. The molecule has 0 saturated carbocycles. The predicted molar refractivity (Wildman–Crippen MR) is 127 cm³/mol. The van der Waals surface area contributed by atoms with Gasteiger partial charge in [0.15, 0.2) is 5.96 Å². The van der Waals surface area contributed by atoms with Gasteiger partial charge in [-0.15, -0.1) is 24.0 Å². The summed E-state index contributed by atoms with van der Waals surface area (Å²) in [6, 6.07) is 18.0. The van der Waals surface area contributed by atoms with Crippen LogP contribution in [0.25, 0.3) is 0 Å². The SMILES string of the molecule is CN=C(NCc1ccc(NC(=O)NC(C)C)cc1)NC(C)c1ccccc1.I. The fourth-order valence-electron chi connectivity index (χ4n) is 2.55. The highest BCUT2D eigenvalue weighted by Crippen LogP contribution is 2.11. The summed E-state index contributed by atoms with van der Waals surface area (Å²) in [6.45, 7) is 6.59. The summed E-state index contributed by atoms with van der Waals surface area (Å²) in [5.41, 5.74) is 3.06. The maximum atomic E-state index is 11.7. The molecular formula is C21H30IN5O. The molecule has 0 aliphatic carbocycles. The van der Waals surface area contributed by atoms with Gasteiger partial charge < -0.3 is 21.3 Å². The van der Waals surface area contributed by atoms with Crippen molar-refractivity contribution in [3.05, 3.63) is 65.7 Å². The van der Waals surface area contributed by atoms with Gasteiger partial charge in [-0.3, -0.25) is 4.99 Å². The fraction of sp³-hybridized carbons (Fsp3) is 0.333. The summed E-state index contributed by atoms with van der Waals surface area (Å²) >= 11 is 0. The van der Waals surface area contributed by atoms with Gasteiger partial charge in [-0.2, -0.15) is 0 Å². The molecule has 1 atom stereocenters. The van der Waals surface area contributed by atoms with Crippen molar-refractivity contribution in [3.63, 3.8) is 0 Å². The lowest BCUT2D eigenvalue weighted by Gasteiger charge is -2.18. The molecule has 7 heteroatoms. The topological polar surface area (TPSA) is 77.5 Å². The summed E-state index contributed by atoms with van der Waals surface area (Å²) in [4.78, 5) is 16.0. The summed E-state index contributed by atoms with van der Waals surface area (Å²) in [6.07, 6.45) is 0. The summed E-state index contributed by atoms with van der Waals surface area (Å²) in [5, 5.41) is 12.3. The van der Waals surface area contributed by atoms with Gasteiger partial charge in [-0.05, 0) is 44.0 Å². The number of rotatable bonds is 6. The summed E-state index contributed by atoms with van der Waals surface area (Å²) < 4.78 is 0. The molecule has 0 heterocycles. The first-order chi connectivity index (χ1) is 13.0. The van der Waals surface area contributed by atoms with E-state index < -0.39 is 0 Å². The normalized spacial score (nSPS) is 12.0. The van der Waals surface area contributed by atoms with Crippen LogP contribution >= 0.6 is 24.0 Å². The lowest BCUT2D eigenvalue weighted by atomic mass is 10.1. The molecule has 28 heavy (non-hydrogen) atoms. The van der Waals surface area contributed by atoms with Crippen molar-refractivity contribution in [2.45, 2.75) is 39.4 Å². The molecule has 0 spiro atoms. The third-order valence-corrected chi connectivity index (χ3v) is 3.97. The van der Waals surface area contributed by atoms with E-state index >= 15 is 0 Å². The Kier molecular flexibility index (Phi) is 10.4. The second kappa shape index (κ2) is 12.2. The maximum Gasteiger partial charge on any atom is 0.319 e. The van der Waals surface area contributed by atoms with Crippen molar-refractivity contribution >= 4 is 41.7 Å². The molecule has 0 radical (unpaired) electrons. The zero-order valence-electron chi connectivity index (χ0n) is 16.8. The standard InChI is InChI=1S/C21H29N5O.HI/c1-15(2)24-21(27)26-19-12-10-17(11-13-19)14-23-20(22-4)25-16(3)18-8-6-5-7-9-18;/h5-13,15-16H,14H2,1-4H3,(H2,22,23,25)(H2,24,26,27);1H. The zero-order valence-corrected chi connectivity index (χ0v) is 19.2. The van der Waals surface area contributed by atoms with Crippen molar-refractivity contribution in [1.29, 1.82) is 0 Å². The largest absolute Gasteiger partial charge is 0.352 e. The quantitative estimate of drug-likeness (QED) is 0.275. The van der Waals surface area contributed by atoms with Gasteiger partial charge in [0.2, 0.25) is 0 Å². The Hall–Kier alpha value is -2.29. The molecule has 2 rings (SSSR count). The number of halogens is 1. The second-order valence-corrected chi connectivity index (χ2v) is 6.65. The number of carbonyl (C=O) groups excluding carboxylic acids is 1. The van der Waals surface area contributed by atoms with E-state index in [9.17, 15) is 4.79 Å². The first-order valence-electron chi connectivity index (χ1n) is 9.16. The van der Waals surface area contributed by atoms with Gasteiger partial charge in [0.1, 0.15) is 0 Å². The number of anilines is 1. The van der Waals surface area contributed by atoms with E-state index in [0.29, 0.717) is 6.54 Å². The highest BCUT2D eigenvalue weighted by Gasteiger charge is 2.07. The van der Waals surface area contributed by atoms with E-state index in [2.05, 4.69) is 45.3 Å². The van der Waals surface area contributed by atoms with Crippen molar-refractivity contribution < 1.29 is 4.79 Å². The van der Waals surface area contributed by atoms with E-state index in [-0.39, 0.29) is 42.1 Å². The Morgan fingerprint density at radius 2 is 1.61 bits per heavy atom. The average Bonchev–Trinajstić information content (AvgIpc) is 2.66. The summed E-state index contributed by atoms with van der Waals surface area (Å²) in [5.74, 6) is 0.741. The number of nitrogens with one attached hydrogen (secondary N) is 4. The molecule has 2 aromatic carbocycles. The van der Waals surface area contributed by atoms with Gasteiger partial charge in [-0.25, -0.2) is 4.79 Å². The Balaban J connectivity index is 0.00000392. The molecule has 4 N–H and O–H groups in total. The number of aliphatic imine (C=N–C) groups is 1. The highest BCUT2D eigenvalue weighted by atomic mass is 127. The van der Waals surface area contributed by atoms with Crippen LogP contribution in [-0.4, -0.2) is 25.1 Å². The van der Waals surface area contributed by atoms with Gasteiger partial charge in [0.25, 0.3) is 0 Å². The van der Waals surface area contributed by atoms with Crippen LogP contribution in [0.5, 0.6) is 0 Å². The van der Waals surface area contributed by atoms with Crippen LogP contribution in [0.1, 0.15) is 37.9 Å². The van der Waals surface area contributed by atoms with Crippen molar-refractivity contribution in [3.8, 4) is 0 Å². The predicted octanol–water partition coefficient (Wildman–Crippen LogP) is 4.26. The fourth-order valence-corrected chi connectivity index (χ4v) is 2.55. The lowest BCUT2D eigenvalue weighted by Crippen LogP contribution is -2.38. The number of nitrogens with zero attached hydrogens (tertiary/aromatic N) is 1. The molecule has 0 saturated heterocycles. The molecule has 0 aromatic heterocycles. The van der Waals surface area contributed by atoms with Crippen LogP contribution in [0.2, 0.25) is 0 Å². The van der Waals surface area contributed by atoms with Crippen molar-refractivity contribution in [1.82, 2.24) is 16.0 Å². The molecule has 152 valence electrons. The minimum Gasteiger partial charge on any atom is -0.352 e. The van der Waals surface area contributed by atoms with Crippen LogP contribution in [0.3, 0.4) is 0 Å². The molecule has 0 bridgehead atoms. The Bertz CT molecular complexity index is 747. The van der Waals surface area contributed by atoms with Crippen LogP contribution in [0.15, 0.2) is 59.6 Å². The van der Waals surface area contributed by atoms with Crippen LogP contribution in [0.4, 0.5) is 10.5 Å². The molecule has 0 aliphatic heterocycles. The van der Waals surface area contributed by atoms with Gasteiger partial charge in [-0.1, -0.05) is 42.5 Å². The average molecular weight is 495 g/mol. The minimum absolute atomic E-state index is 0. The van der Waals surface area contributed by atoms with Gasteiger partial charge in [0, 0.05) is 25.3 Å². The third kappa shape index (κ3) is 8.16. The molecule has 6 nitrogen and oxygen atoms in total. The van der Waals surface area contributed by atoms with E-state index in [4.69, 9.17) is 0 Å². The third-order valence-electron chi connectivity index (χ3n) is 3.97. The molecule has 0 fully saturated rings. The van der Waals surface area contributed by atoms with E-state index in [0.717, 1.165) is 17.2 Å². The van der Waals surface area contributed by atoms with E-state index in [1.165, 1.54) is 5.56 Å². The van der Waals surface area contributed by atoms with Crippen molar-refractivity contribution in [2.24, 2.45) is 4.99 Å². The highest BCUT2D eigenvalue weighted by molar-refractivity contribution is 14.0. The molecular weight excluding hydrogens is 465 g/mol. The van der Waals surface area contributed by atoms with E-state index in [1.807, 2.05) is 56.3 Å². The maximum absolute atomic E-state index is 11.7. The Morgan fingerprint density at radius 3 is 2.18 bits per heavy atom. The number of guanidine groups is 1. The minimum atomic E-state index is -0.199. The first kappa shape index (κ1) is 23.7. The first-order valence-corrected chi connectivity index (χ1v) is 9.16. The van der Waals surface area contributed by atoms with Crippen molar-refractivity contribution in [2.75, 3.05) is 12.4 Å². The number of carbonyl (C=O) groups is 1. The zero-order chi connectivity index (χ0) is 19.6. The molecule has 2 aromatic rings. The second-order valence-electron chi connectivity index (χ2n) is 6.65. The Labute approximate surface area is 184 Å². The number of hydrogen-bond acceptors (Lipinski definition) is 2.